The minimum Gasteiger partial charge on any atom is -0.332 e. The summed E-state index contributed by atoms with van der Waals surface area (Å²) in [4.78, 5) is 28.2. The van der Waals surface area contributed by atoms with Crippen LogP contribution in [0.5, 0.6) is 0 Å². The zero-order valence-corrected chi connectivity index (χ0v) is 25.1. The van der Waals surface area contributed by atoms with E-state index in [1.54, 1.807) is 16.4 Å². The van der Waals surface area contributed by atoms with Crippen LogP contribution in [0.15, 0.2) is 119 Å². The van der Waals surface area contributed by atoms with Crippen LogP contribution >= 0.6 is 24.0 Å². The normalized spacial score (nSPS) is 11.5. The Morgan fingerprint density at radius 3 is 2.12 bits per heavy atom. The summed E-state index contributed by atoms with van der Waals surface area (Å²) in [5, 5.41) is 9.22. The number of anilines is 3. The van der Waals surface area contributed by atoms with Crippen molar-refractivity contribution in [2.75, 3.05) is 16.0 Å². The van der Waals surface area contributed by atoms with Crippen LogP contribution in [0.4, 0.5) is 17.1 Å². The van der Waals surface area contributed by atoms with Crippen molar-refractivity contribution < 1.29 is 4.79 Å². The SMILES string of the molecule is Cc1ccc(NC(=S)Nc2cccc(SC(C(=O)Nc3c(C)n(C)n(-c4ccccc4)c3=O)c3ccccc3)c2)cc1. The first-order chi connectivity index (χ1) is 20.3. The van der Waals surface area contributed by atoms with Crippen molar-refractivity contribution in [2.45, 2.75) is 24.0 Å². The zero-order valence-electron chi connectivity index (χ0n) is 23.5. The molecule has 4 aromatic carbocycles. The average Bonchev–Trinajstić information content (AvgIpc) is 3.20. The summed E-state index contributed by atoms with van der Waals surface area (Å²) in [6, 6.07) is 34.6. The molecule has 1 aromatic heterocycles. The lowest BCUT2D eigenvalue weighted by Crippen LogP contribution is -2.25. The number of nitrogens with one attached hydrogen (secondary N) is 3. The number of amides is 1. The molecule has 0 saturated carbocycles. The molecular weight excluding hydrogens is 563 g/mol. The van der Waals surface area contributed by atoms with Gasteiger partial charge in [-0.3, -0.25) is 14.3 Å². The summed E-state index contributed by atoms with van der Waals surface area (Å²) in [6.45, 7) is 3.86. The lowest BCUT2D eigenvalue weighted by Gasteiger charge is -2.17. The molecule has 5 rings (SSSR count). The Kier molecular flexibility index (Phi) is 8.90. The highest BCUT2D eigenvalue weighted by Gasteiger charge is 2.26. The molecule has 1 unspecified atom stereocenters. The molecule has 9 heteroatoms. The second-order valence-electron chi connectivity index (χ2n) is 9.81. The van der Waals surface area contributed by atoms with E-state index in [0.29, 0.717) is 10.8 Å². The number of thiocarbonyl (C=S) groups is 1. The Morgan fingerprint density at radius 1 is 0.786 bits per heavy atom. The molecular formula is C33H31N5O2S2. The van der Waals surface area contributed by atoms with Crippen LogP contribution in [0.25, 0.3) is 5.69 Å². The topological polar surface area (TPSA) is 80.1 Å². The minimum atomic E-state index is -0.608. The second kappa shape index (κ2) is 12.9. The predicted molar refractivity (Wildman–Crippen MR) is 177 cm³/mol. The maximum atomic E-state index is 13.8. The number of thioether (sulfide) groups is 1. The van der Waals surface area contributed by atoms with Crippen molar-refractivity contribution in [2.24, 2.45) is 7.05 Å². The number of hydrogen-bond donors (Lipinski definition) is 3. The number of hydrogen-bond acceptors (Lipinski definition) is 4. The van der Waals surface area contributed by atoms with Gasteiger partial charge in [0.15, 0.2) is 5.11 Å². The highest BCUT2D eigenvalue weighted by molar-refractivity contribution is 8.00. The van der Waals surface area contributed by atoms with Gasteiger partial charge < -0.3 is 16.0 Å². The number of rotatable bonds is 8. The van der Waals surface area contributed by atoms with Crippen LogP contribution in [-0.4, -0.2) is 20.4 Å². The van der Waals surface area contributed by atoms with Crippen LogP contribution < -0.4 is 21.5 Å². The number of carbonyl (C=O) groups is 1. The number of aromatic nitrogens is 2. The Morgan fingerprint density at radius 2 is 1.43 bits per heavy atom. The maximum absolute atomic E-state index is 13.8. The monoisotopic (exact) mass is 593 g/mol. The molecule has 0 aliphatic heterocycles. The van der Waals surface area contributed by atoms with E-state index in [9.17, 15) is 9.59 Å². The Labute approximate surface area is 254 Å². The highest BCUT2D eigenvalue weighted by atomic mass is 32.2. The van der Waals surface area contributed by atoms with Crippen LogP contribution in [0.3, 0.4) is 0 Å². The number of para-hydroxylation sites is 1. The summed E-state index contributed by atoms with van der Waals surface area (Å²) in [5.41, 5.74) is 5.05. The molecule has 1 atom stereocenters. The Balaban J connectivity index is 1.37. The minimum absolute atomic E-state index is 0.260. The quantitative estimate of drug-likeness (QED) is 0.132. The van der Waals surface area contributed by atoms with Crippen LogP contribution in [-0.2, 0) is 11.8 Å². The highest BCUT2D eigenvalue weighted by Crippen LogP contribution is 2.37. The summed E-state index contributed by atoms with van der Waals surface area (Å²) in [6.07, 6.45) is 0. The predicted octanol–water partition coefficient (Wildman–Crippen LogP) is 7.07. The standard InChI is InChI=1S/C33H31N5O2S2/c1-22-17-19-25(20-18-22)34-33(41)35-26-13-10-16-28(21-26)42-30(24-11-6-4-7-12-24)31(39)36-29-23(2)37(3)38(32(29)40)27-14-8-5-9-15-27/h4-21,30H,1-3H3,(H,36,39)(H2,34,35,41). The van der Waals surface area contributed by atoms with Gasteiger partial charge in [0.25, 0.3) is 5.56 Å². The van der Waals surface area contributed by atoms with Gasteiger partial charge in [0.05, 0.1) is 11.4 Å². The van der Waals surface area contributed by atoms with Crippen molar-refractivity contribution in [3.63, 3.8) is 0 Å². The molecule has 0 aliphatic rings. The molecule has 42 heavy (non-hydrogen) atoms. The molecule has 0 aliphatic carbocycles. The van der Waals surface area contributed by atoms with Crippen molar-refractivity contribution in [3.05, 3.63) is 136 Å². The second-order valence-corrected chi connectivity index (χ2v) is 11.4. The van der Waals surface area contributed by atoms with E-state index >= 15 is 0 Å². The molecule has 7 nitrogen and oxygen atoms in total. The van der Waals surface area contributed by atoms with E-state index in [1.165, 1.54) is 17.3 Å². The van der Waals surface area contributed by atoms with Crippen molar-refractivity contribution in [1.82, 2.24) is 9.36 Å². The first kappa shape index (κ1) is 28.9. The van der Waals surface area contributed by atoms with Crippen molar-refractivity contribution in [1.29, 1.82) is 0 Å². The molecule has 1 heterocycles. The summed E-state index contributed by atoms with van der Waals surface area (Å²) >= 11 is 6.92. The van der Waals surface area contributed by atoms with E-state index in [4.69, 9.17) is 12.2 Å². The van der Waals surface area contributed by atoms with Crippen LogP contribution in [0, 0.1) is 13.8 Å². The number of benzene rings is 4. The third-order valence-corrected chi connectivity index (χ3v) is 8.25. The van der Waals surface area contributed by atoms with E-state index in [1.807, 2.05) is 123 Å². The number of nitrogens with zero attached hydrogens (tertiary/aromatic N) is 2. The maximum Gasteiger partial charge on any atom is 0.295 e. The third-order valence-electron chi connectivity index (χ3n) is 6.80. The van der Waals surface area contributed by atoms with Crippen LogP contribution in [0.2, 0.25) is 0 Å². The van der Waals surface area contributed by atoms with E-state index in [-0.39, 0.29) is 17.2 Å². The van der Waals surface area contributed by atoms with Gasteiger partial charge in [-0.1, -0.05) is 72.3 Å². The Hall–Kier alpha value is -4.60. The summed E-state index contributed by atoms with van der Waals surface area (Å²) < 4.78 is 3.30. The first-order valence-corrected chi connectivity index (χ1v) is 14.7. The number of carbonyl (C=O) groups excluding carboxylic acids is 1. The van der Waals surface area contributed by atoms with Gasteiger partial charge in [0, 0.05) is 23.3 Å². The molecule has 5 aromatic rings. The Bertz CT molecular complexity index is 1760. The molecule has 0 spiro atoms. The van der Waals surface area contributed by atoms with Gasteiger partial charge in [-0.05, 0) is 74.1 Å². The molecule has 3 N–H and O–H groups in total. The molecule has 0 fully saturated rings. The van der Waals surface area contributed by atoms with Crippen molar-refractivity contribution in [3.8, 4) is 5.69 Å². The van der Waals surface area contributed by atoms with E-state index in [0.717, 1.165) is 27.5 Å². The van der Waals surface area contributed by atoms with Gasteiger partial charge in [0.1, 0.15) is 10.9 Å². The number of aryl methyl sites for hydroxylation is 1. The van der Waals surface area contributed by atoms with E-state index < -0.39 is 5.25 Å². The molecule has 1 amide bonds. The summed E-state index contributed by atoms with van der Waals surface area (Å²) in [5.74, 6) is -0.285. The van der Waals surface area contributed by atoms with Gasteiger partial charge >= 0.3 is 0 Å². The smallest absolute Gasteiger partial charge is 0.295 e. The largest absolute Gasteiger partial charge is 0.332 e. The van der Waals surface area contributed by atoms with Gasteiger partial charge in [-0.25, -0.2) is 4.68 Å². The van der Waals surface area contributed by atoms with Crippen molar-refractivity contribution >= 4 is 52.1 Å². The first-order valence-electron chi connectivity index (χ1n) is 13.4. The third kappa shape index (κ3) is 6.64. The van der Waals surface area contributed by atoms with E-state index in [2.05, 4.69) is 16.0 Å². The zero-order chi connectivity index (χ0) is 29.6. The van der Waals surface area contributed by atoms with Crippen LogP contribution in [0.1, 0.15) is 22.1 Å². The van der Waals surface area contributed by atoms with Gasteiger partial charge in [0.2, 0.25) is 5.91 Å². The molecule has 0 saturated heterocycles. The molecule has 0 radical (unpaired) electrons. The molecule has 212 valence electrons. The van der Waals surface area contributed by atoms with Gasteiger partial charge in [-0.15, -0.1) is 11.8 Å². The lowest BCUT2D eigenvalue weighted by atomic mass is 10.1. The fourth-order valence-electron chi connectivity index (χ4n) is 4.52. The summed E-state index contributed by atoms with van der Waals surface area (Å²) in [7, 11) is 1.80. The van der Waals surface area contributed by atoms with Gasteiger partial charge in [-0.2, -0.15) is 0 Å². The average molecular weight is 594 g/mol. The fourth-order valence-corrected chi connectivity index (χ4v) is 5.83. The molecule has 0 bridgehead atoms. The lowest BCUT2D eigenvalue weighted by molar-refractivity contribution is -0.115. The fraction of sp³-hybridized carbons (Fsp3) is 0.121.